The van der Waals surface area contributed by atoms with E-state index in [0.717, 1.165) is 42.2 Å². The molecule has 4 nitrogen and oxygen atoms in total. The second-order valence-corrected chi connectivity index (χ2v) is 6.82. The van der Waals surface area contributed by atoms with E-state index in [2.05, 4.69) is 24.4 Å². The van der Waals surface area contributed by atoms with Crippen LogP contribution in [-0.2, 0) is 9.53 Å². The molecule has 4 heteroatoms. The first-order valence-corrected chi connectivity index (χ1v) is 9.75. The summed E-state index contributed by atoms with van der Waals surface area (Å²) >= 11 is 0. The monoisotopic (exact) mass is 369 g/mol. The molecule has 0 aliphatic heterocycles. The Bertz CT molecular complexity index is 749. The number of amides is 1. The standard InChI is InChI=1S/C23H31NO3/c1-4-5-6-7-12-20(23(25)24-18(2)16-26-3)17-27-22-15-10-13-19-11-8-9-14-21(19)22/h8-15,18H,4-7,16-17H2,1-3H3,(H,24,25)/b20-12+. The Hall–Kier alpha value is -2.33. The minimum atomic E-state index is -0.0868. The number of carbonyl (C=O) groups excluding carboxylic acids is 1. The van der Waals surface area contributed by atoms with Gasteiger partial charge in [0.25, 0.3) is 5.91 Å². The number of unbranched alkanes of at least 4 members (excludes halogenated alkanes) is 3. The second kappa shape index (κ2) is 11.4. The number of benzene rings is 2. The minimum absolute atomic E-state index is 0.0425. The van der Waals surface area contributed by atoms with E-state index in [9.17, 15) is 4.79 Å². The van der Waals surface area contributed by atoms with Crippen LogP contribution in [0.1, 0.15) is 39.5 Å². The number of fused-ring (bicyclic) bond motifs is 1. The Balaban J connectivity index is 2.09. The third-order valence-corrected chi connectivity index (χ3v) is 4.42. The zero-order valence-electron chi connectivity index (χ0n) is 16.7. The largest absolute Gasteiger partial charge is 0.488 e. The molecule has 1 N–H and O–H groups in total. The highest BCUT2D eigenvalue weighted by Gasteiger charge is 2.14. The van der Waals surface area contributed by atoms with Crippen LogP contribution >= 0.6 is 0 Å². The molecule has 2 rings (SSSR count). The fourth-order valence-corrected chi connectivity index (χ4v) is 2.97. The normalized spacial score (nSPS) is 12.8. The van der Waals surface area contributed by atoms with E-state index in [1.165, 1.54) is 0 Å². The fourth-order valence-electron chi connectivity index (χ4n) is 2.97. The van der Waals surface area contributed by atoms with Crippen molar-refractivity contribution in [2.75, 3.05) is 20.3 Å². The van der Waals surface area contributed by atoms with Crippen LogP contribution in [0.2, 0.25) is 0 Å². The average molecular weight is 370 g/mol. The molecule has 0 fully saturated rings. The summed E-state index contributed by atoms with van der Waals surface area (Å²) < 4.78 is 11.2. The van der Waals surface area contributed by atoms with Gasteiger partial charge in [0.1, 0.15) is 12.4 Å². The van der Waals surface area contributed by atoms with Crippen LogP contribution in [0.15, 0.2) is 54.1 Å². The molecule has 0 spiro atoms. The Morgan fingerprint density at radius 3 is 2.70 bits per heavy atom. The zero-order chi connectivity index (χ0) is 19.5. The first-order valence-electron chi connectivity index (χ1n) is 9.75. The molecule has 27 heavy (non-hydrogen) atoms. The molecule has 0 bridgehead atoms. The zero-order valence-corrected chi connectivity index (χ0v) is 16.7. The summed E-state index contributed by atoms with van der Waals surface area (Å²) in [5, 5.41) is 5.16. The molecule has 0 aliphatic rings. The van der Waals surface area contributed by atoms with Gasteiger partial charge in [-0.15, -0.1) is 0 Å². The van der Waals surface area contributed by atoms with Crippen molar-refractivity contribution in [1.29, 1.82) is 0 Å². The summed E-state index contributed by atoms with van der Waals surface area (Å²) in [4.78, 5) is 12.7. The first-order chi connectivity index (χ1) is 13.2. The quantitative estimate of drug-likeness (QED) is 0.454. The number of rotatable bonds is 11. The average Bonchev–Trinajstić information content (AvgIpc) is 2.67. The number of nitrogens with one attached hydrogen (secondary N) is 1. The Kier molecular flexibility index (Phi) is 8.85. The number of hydrogen-bond acceptors (Lipinski definition) is 3. The first kappa shape index (κ1) is 21.0. The molecule has 0 aromatic heterocycles. The van der Waals surface area contributed by atoms with Gasteiger partial charge in [0, 0.05) is 18.5 Å². The highest BCUT2D eigenvalue weighted by atomic mass is 16.5. The number of hydrogen-bond donors (Lipinski definition) is 1. The molecule has 2 aromatic carbocycles. The Morgan fingerprint density at radius 2 is 1.93 bits per heavy atom. The van der Waals surface area contributed by atoms with Crippen LogP contribution < -0.4 is 10.1 Å². The summed E-state index contributed by atoms with van der Waals surface area (Å²) in [6, 6.07) is 14.0. The molecule has 1 unspecified atom stereocenters. The van der Waals surface area contributed by atoms with Crippen molar-refractivity contribution in [2.24, 2.45) is 0 Å². The predicted molar refractivity (Wildman–Crippen MR) is 111 cm³/mol. The van der Waals surface area contributed by atoms with E-state index in [1.807, 2.05) is 43.3 Å². The topological polar surface area (TPSA) is 47.6 Å². The van der Waals surface area contributed by atoms with E-state index < -0.39 is 0 Å². The molecule has 2 aromatic rings. The van der Waals surface area contributed by atoms with Gasteiger partial charge >= 0.3 is 0 Å². The lowest BCUT2D eigenvalue weighted by molar-refractivity contribution is -0.118. The van der Waals surface area contributed by atoms with Crippen molar-refractivity contribution >= 4 is 16.7 Å². The van der Waals surface area contributed by atoms with E-state index in [0.29, 0.717) is 12.2 Å². The minimum Gasteiger partial charge on any atom is -0.488 e. The molecule has 0 saturated carbocycles. The van der Waals surface area contributed by atoms with Gasteiger partial charge in [0.2, 0.25) is 0 Å². The van der Waals surface area contributed by atoms with Gasteiger partial charge in [-0.2, -0.15) is 0 Å². The summed E-state index contributed by atoms with van der Waals surface area (Å²) in [6.07, 6.45) is 6.29. The van der Waals surface area contributed by atoms with Gasteiger partial charge in [0.15, 0.2) is 0 Å². The Morgan fingerprint density at radius 1 is 1.15 bits per heavy atom. The third-order valence-electron chi connectivity index (χ3n) is 4.42. The summed E-state index contributed by atoms with van der Waals surface area (Å²) in [5.41, 5.74) is 0.669. The maximum absolute atomic E-state index is 12.7. The van der Waals surface area contributed by atoms with E-state index in [-0.39, 0.29) is 18.6 Å². The lowest BCUT2D eigenvalue weighted by Gasteiger charge is -2.16. The molecule has 0 heterocycles. The lowest BCUT2D eigenvalue weighted by Crippen LogP contribution is -2.37. The van der Waals surface area contributed by atoms with E-state index in [4.69, 9.17) is 9.47 Å². The van der Waals surface area contributed by atoms with Crippen molar-refractivity contribution in [3.8, 4) is 5.75 Å². The van der Waals surface area contributed by atoms with Gasteiger partial charge in [-0.25, -0.2) is 0 Å². The summed E-state index contributed by atoms with van der Waals surface area (Å²) in [6.45, 7) is 4.85. The highest BCUT2D eigenvalue weighted by molar-refractivity contribution is 5.94. The van der Waals surface area contributed by atoms with Crippen LogP contribution in [0.4, 0.5) is 0 Å². The van der Waals surface area contributed by atoms with Gasteiger partial charge < -0.3 is 14.8 Å². The molecule has 0 radical (unpaired) electrons. The third kappa shape index (κ3) is 6.72. The molecule has 1 amide bonds. The molecular weight excluding hydrogens is 338 g/mol. The summed E-state index contributed by atoms with van der Waals surface area (Å²) in [5.74, 6) is 0.710. The number of ether oxygens (including phenoxy) is 2. The van der Waals surface area contributed by atoms with Crippen LogP contribution in [0.3, 0.4) is 0 Å². The van der Waals surface area contributed by atoms with Gasteiger partial charge in [-0.05, 0) is 31.2 Å². The van der Waals surface area contributed by atoms with Crippen molar-refractivity contribution in [3.63, 3.8) is 0 Å². The highest BCUT2D eigenvalue weighted by Crippen LogP contribution is 2.25. The Labute approximate surface area is 162 Å². The maximum atomic E-state index is 12.7. The van der Waals surface area contributed by atoms with Gasteiger partial charge in [-0.1, -0.05) is 62.2 Å². The second-order valence-electron chi connectivity index (χ2n) is 6.82. The molecule has 0 saturated heterocycles. The van der Waals surface area contributed by atoms with Crippen LogP contribution in [0.25, 0.3) is 10.8 Å². The smallest absolute Gasteiger partial charge is 0.250 e. The fraction of sp³-hybridized carbons (Fsp3) is 0.435. The van der Waals surface area contributed by atoms with Crippen molar-refractivity contribution in [3.05, 3.63) is 54.1 Å². The van der Waals surface area contributed by atoms with E-state index in [1.54, 1.807) is 7.11 Å². The van der Waals surface area contributed by atoms with Crippen LogP contribution in [0, 0.1) is 0 Å². The summed E-state index contributed by atoms with van der Waals surface area (Å²) in [7, 11) is 1.63. The van der Waals surface area contributed by atoms with Crippen molar-refractivity contribution in [1.82, 2.24) is 5.32 Å². The van der Waals surface area contributed by atoms with Crippen molar-refractivity contribution < 1.29 is 14.3 Å². The van der Waals surface area contributed by atoms with Gasteiger partial charge in [0.05, 0.1) is 12.2 Å². The number of allylic oxidation sites excluding steroid dienone is 1. The van der Waals surface area contributed by atoms with Gasteiger partial charge in [-0.3, -0.25) is 4.79 Å². The predicted octanol–water partition coefficient (Wildman–Crippen LogP) is 4.88. The molecule has 0 aliphatic carbocycles. The number of carbonyl (C=O) groups is 1. The molecule has 146 valence electrons. The van der Waals surface area contributed by atoms with E-state index >= 15 is 0 Å². The molecular formula is C23H31NO3. The van der Waals surface area contributed by atoms with Crippen LogP contribution in [-0.4, -0.2) is 32.3 Å². The van der Waals surface area contributed by atoms with Crippen molar-refractivity contribution in [2.45, 2.75) is 45.6 Å². The molecule has 1 atom stereocenters. The number of methoxy groups -OCH3 is 1. The van der Waals surface area contributed by atoms with Crippen LogP contribution in [0.5, 0.6) is 5.75 Å². The lowest BCUT2D eigenvalue weighted by atomic mass is 10.1. The SMILES string of the molecule is CCCCC/C=C(\COc1cccc2ccccc12)C(=O)NC(C)COC. The maximum Gasteiger partial charge on any atom is 0.250 e.